The van der Waals surface area contributed by atoms with Crippen LogP contribution < -0.4 is 0 Å². The Kier molecular flexibility index (Phi) is 5.83. The van der Waals surface area contributed by atoms with Crippen LogP contribution in [0.4, 0.5) is 4.39 Å². The van der Waals surface area contributed by atoms with Crippen LogP contribution in [0.15, 0.2) is 59.5 Å². The molecule has 7 nitrogen and oxygen atoms in total. The molecule has 0 bridgehead atoms. The quantitative estimate of drug-likeness (QED) is 0.563. The molecule has 0 saturated carbocycles. The molecule has 1 aliphatic rings. The van der Waals surface area contributed by atoms with Crippen molar-refractivity contribution in [3.05, 3.63) is 71.0 Å². The van der Waals surface area contributed by atoms with E-state index < -0.39 is 15.8 Å². The molecule has 3 aromatic rings. The first-order valence-corrected chi connectivity index (χ1v) is 11.4. The average Bonchev–Trinajstić information content (AvgIpc) is 3.02. The molecule has 0 amide bonds. The van der Waals surface area contributed by atoms with Gasteiger partial charge in [0.05, 0.1) is 11.6 Å². The summed E-state index contributed by atoms with van der Waals surface area (Å²) in [5, 5.41) is 4.57. The fourth-order valence-electron chi connectivity index (χ4n) is 3.56. The summed E-state index contributed by atoms with van der Waals surface area (Å²) in [6, 6.07) is 14.9. The first-order chi connectivity index (χ1) is 14.4. The van der Waals surface area contributed by atoms with Gasteiger partial charge in [-0.1, -0.05) is 24.3 Å². The maximum atomic E-state index is 13.5. The Bertz CT molecular complexity index is 1200. The fraction of sp³-hybridized carbons (Fsp3) is 0.300. The number of nitrogens with zero attached hydrogens (tertiary/aromatic N) is 5. The predicted octanol–water partition coefficient (Wildman–Crippen LogP) is 2.81. The van der Waals surface area contributed by atoms with E-state index in [1.165, 1.54) is 22.5 Å². The van der Waals surface area contributed by atoms with Crippen molar-refractivity contribution in [2.24, 2.45) is 0 Å². The second-order valence-electron chi connectivity index (χ2n) is 7.12. The van der Waals surface area contributed by atoms with Gasteiger partial charge in [-0.3, -0.25) is 9.47 Å². The van der Waals surface area contributed by atoms with Crippen molar-refractivity contribution >= 4 is 22.2 Å². The summed E-state index contributed by atoms with van der Waals surface area (Å²) in [6.45, 7) is 4.10. The van der Waals surface area contributed by atoms with Gasteiger partial charge in [-0.25, -0.2) is 17.5 Å². The van der Waals surface area contributed by atoms with E-state index in [9.17, 15) is 12.8 Å². The molecule has 0 spiro atoms. The fourth-order valence-corrected chi connectivity index (χ4v) is 5.35. The number of aromatic nitrogens is 3. The lowest BCUT2D eigenvalue weighted by atomic mass is 10.3. The molecule has 0 radical (unpaired) electrons. The molecule has 1 saturated heterocycles. The second-order valence-corrected chi connectivity index (χ2v) is 9.42. The van der Waals surface area contributed by atoms with Crippen LogP contribution >= 0.6 is 12.2 Å². The summed E-state index contributed by atoms with van der Waals surface area (Å²) in [5.74, 6) is 0.229. The highest BCUT2D eigenvalue weighted by Gasteiger charge is 2.29. The van der Waals surface area contributed by atoms with Gasteiger partial charge < -0.3 is 0 Å². The molecule has 0 N–H and O–H groups in total. The minimum absolute atomic E-state index is 0.0181. The van der Waals surface area contributed by atoms with E-state index >= 15 is 0 Å². The number of aryl methyl sites for hydroxylation is 1. The molecule has 4 rings (SSSR count). The molecule has 1 aromatic heterocycles. The molecule has 1 aliphatic heterocycles. The van der Waals surface area contributed by atoms with Crippen molar-refractivity contribution in [1.29, 1.82) is 0 Å². The Balaban J connectivity index is 1.45. The highest BCUT2D eigenvalue weighted by molar-refractivity contribution is 7.89. The average molecular weight is 448 g/mol. The standard InChI is InChI=1S/C20H22FN5O2S2/c1-16-22-25(20(29)26(16)18-7-3-2-4-8-18)15-23-10-12-24(13-11-23)30(27,28)19-9-5-6-17(21)14-19/h2-9,14H,10-13,15H2,1H3. The Hall–Kier alpha value is -2.40. The van der Waals surface area contributed by atoms with Crippen LogP contribution in [0.2, 0.25) is 0 Å². The van der Waals surface area contributed by atoms with Gasteiger partial charge in [0.1, 0.15) is 11.6 Å². The van der Waals surface area contributed by atoms with E-state index in [1.807, 2.05) is 41.8 Å². The van der Waals surface area contributed by atoms with Gasteiger partial charge in [0, 0.05) is 31.9 Å². The van der Waals surface area contributed by atoms with Crippen LogP contribution in [0, 0.1) is 17.5 Å². The van der Waals surface area contributed by atoms with Gasteiger partial charge >= 0.3 is 0 Å². The highest BCUT2D eigenvalue weighted by atomic mass is 32.2. The normalized spacial score (nSPS) is 16.1. The van der Waals surface area contributed by atoms with Gasteiger partial charge in [0.25, 0.3) is 0 Å². The third-order valence-electron chi connectivity index (χ3n) is 5.11. The van der Waals surface area contributed by atoms with Gasteiger partial charge in [-0.15, -0.1) is 0 Å². The zero-order valence-corrected chi connectivity index (χ0v) is 18.1. The minimum atomic E-state index is -3.71. The van der Waals surface area contributed by atoms with Crippen molar-refractivity contribution in [2.75, 3.05) is 26.2 Å². The van der Waals surface area contributed by atoms with Gasteiger partial charge in [0.2, 0.25) is 14.8 Å². The molecule has 2 aromatic carbocycles. The summed E-state index contributed by atoms with van der Waals surface area (Å²) >= 11 is 5.62. The summed E-state index contributed by atoms with van der Waals surface area (Å²) < 4.78 is 44.6. The highest BCUT2D eigenvalue weighted by Crippen LogP contribution is 2.19. The lowest BCUT2D eigenvalue weighted by Gasteiger charge is -2.33. The van der Waals surface area contributed by atoms with E-state index in [4.69, 9.17) is 12.2 Å². The maximum absolute atomic E-state index is 13.5. The Labute approximate surface area is 180 Å². The Morgan fingerprint density at radius 2 is 1.73 bits per heavy atom. The molecule has 158 valence electrons. The third-order valence-corrected chi connectivity index (χ3v) is 7.40. The zero-order valence-electron chi connectivity index (χ0n) is 16.5. The maximum Gasteiger partial charge on any atom is 0.243 e. The number of benzene rings is 2. The van der Waals surface area contributed by atoms with Crippen molar-refractivity contribution in [3.8, 4) is 5.69 Å². The lowest BCUT2D eigenvalue weighted by Crippen LogP contribution is -2.48. The molecule has 0 aliphatic carbocycles. The number of sulfonamides is 1. The van der Waals surface area contributed by atoms with E-state index in [-0.39, 0.29) is 4.90 Å². The smallest absolute Gasteiger partial charge is 0.243 e. The zero-order chi connectivity index (χ0) is 21.3. The lowest BCUT2D eigenvalue weighted by molar-refractivity contribution is 0.144. The first-order valence-electron chi connectivity index (χ1n) is 9.56. The Morgan fingerprint density at radius 1 is 1.03 bits per heavy atom. The van der Waals surface area contributed by atoms with Crippen LogP contribution in [-0.4, -0.2) is 58.1 Å². The first kappa shape index (κ1) is 20.9. The largest absolute Gasteiger partial charge is 0.282 e. The number of para-hydroxylation sites is 1. The van der Waals surface area contributed by atoms with E-state index in [2.05, 4.69) is 10.00 Å². The van der Waals surface area contributed by atoms with Crippen LogP contribution in [-0.2, 0) is 16.7 Å². The van der Waals surface area contributed by atoms with Crippen molar-refractivity contribution < 1.29 is 12.8 Å². The van der Waals surface area contributed by atoms with Crippen LogP contribution in [0.25, 0.3) is 5.69 Å². The summed E-state index contributed by atoms with van der Waals surface area (Å²) in [5.41, 5.74) is 0.956. The molecule has 10 heteroatoms. The second kappa shape index (κ2) is 8.38. The van der Waals surface area contributed by atoms with Gasteiger partial charge in [-0.05, 0) is 49.5 Å². The van der Waals surface area contributed by atoms with Crippen molar-refractivity contribution in [2.45, 2.75) is 18.5 Å². The van der Waals surface area contributed by atoms with Gasteiger partial charge in [0.15, 0.2) is 0 Å². The molecule has 0 unspecified atom stereocenters. The third kappa shape index (κ3) is 4.08. The molecule has 1 fully saturated rings. The van der Waals surface area contributed by atoms with Crippen LogP contribution in [0.3, 0.4) is 0 Å². The molecular formula is C20H22FN5O2S2. The summed E-state index contributed by atoms with van der Waals surface area (Å²) in [6.07, 6.45) is 0. The number of halogens is 1. The summed E-state index contributed by atoms with van der Waals surface area (Å²) in [4.78, 5) is 2.09. The van der Waals surface area contributed by atoms with Crippen molar-refractivity contribution in [3.63, 3.8) is 0 Å². The summed E-state index contributed by atoms with van der Waals surface area (Å²) in [7, 11) is -3.71. The minimum Gasteiger partial charge on any atom is -0.282 e. The number of rotatable bonds is 5. The Morgan fingerprint density at radius 3 is 2.40 bits per heavy atom. The molecule has 2 heterocycles. The molecular weight excluding hydrogens is 425 g/mol. The van der Waals surface area contributed by atoms with E-state index in [0.29, 0.717) is 37.6 Å². The van der Waals surface area contributed by atoms with Gasteiger partial charge in [-0.2, -0.15) is 9.40 Å². The van der Waals surface area contributed by atoms with Crippen molar-refractivity contribution in [1.82, 2.24) is 23.6 Å². The van der Waals surface area contributed by atoms with Crippen LogP contribution in [0.1, 0.15) is 5.82 Å². The number of hydrogen-bond acceptors (Lipinski definition) is 5. The van der Waals surface area contributed by atoms with E-state index in [0.717, 1.165) is 17.6 Å². The number of hydrogen-bond donors (Lipinski definition) is 0. The predicted molar refractivity (Wildman–Crippen MR) is 114 cm³/mol. The number of piperazine rings is 1. The molecule has 30 heavy (non-hydrogen) atoms. The monoisotopic (exact) mass is 447 g/mol. The SMILES string of the molecule is Cc1nn(CN2CCN(S(=O)(=O)c3cccc(F)c3)CC2)c(=S)n1-c1ccccc1. The topological polar surface area (TPSA) is 63.4 Å². The van der Waals surface area contributed by atoms with E-state index in [1.54, 1.807) is 4.68 Å². The van der Waals surface area contributed by atoms with Crippen LogP contribution in [0.5, 0.6) is 0 Å². The molecule has 0 atom stereocenters.